The van der Waals surface area contributed by atoms with Gasteiger partial charge >= 0.3 is 196 Å². The van der Waals surface area contributed by atoms with Crippen molar-refractivity contribution in [2.24, 2.45) is 16.9 Å². The number of Topliss-reactive ketones (excluding diaryl/α,β-unsaturated/α-hetero) is 1. The van der Waals surface area contributed by atoms with Crippen LogP contribution in [0, 0.1) is 11.8 Å². The Hall–Kier alpha value is 0.235. The molecule has 2 amide bonds. The van der Waals surface area contributed by atoms with Crippen LogP contribution in [0.3, 0.4) is 0 Å². The number of hydrogen-bond donors (Lipinski definition) is 2. The van der Waals surface area contributed by atoms with Gasteiger partial charge in [-0.15, -0.1) is 0 Å². The van der Waals surface area contributed by atoms with Gasteiger partial charge in [-0.3, -0.25) is 0 Å². The Morgan fingerprint density at radius 1 is 1.27 bits per heavy atom. The number of rotatable bonds is 7. The van der Waals surface area contributed by atoms with Crippen molar-refractivity contribution >= 4 is 90.6 Å². The van der Waals surface area contributed by atoms with Crippen LogP contribution in [0.25, 0.3) is 0 Å². The Balaban J connectivity index is 1.96. The molecular formula is C17H27N4O3RbS. The van der Waals surface area contributed by atoms with Crippen molar-refractivity contribution in [3.63, 3.8) is 0 Å². The standard InChI is InChI=1S/C17H28N4O3S.Rb/c1-11(2)10-13(19-15(23)12-6-4-3-5-7-12)14(22)16(24)20-21-17-18-8-9-25-17;/h11-13H,3-10H2,1-2H3,(H3,18,19,20,21,22,23,24);/q;+1/p-1. The number of amidine groups is 1. The summed E-state index contributed by atoms with van der Waals surface area (Å²) < 4.78 is 2.13. The van der Waals surface area contributed by atoms with E-state index in [1.54, 1.807) is 11.8 Å². The fraction of sp³-hybridized carbons (Fsp3) is 0.765. The van der Waals surface area contributed by atoms with Crippen LogP contribution in [-0.2, 0) is 14.4 Å². The number of hydrazone groups is 1. The molecule has 1 saturated heterocycles. The van der Waals surface area contributed by atoms with E-state index in [1.807, 2.05) is 13.8 Å². The van der Waals surface area contributed by atoms with Crippen LogP contribution in [0.1, 0.15) is 52.4 Å². The molecule has 0 radical (unpaired) electrons. The molecule has 2 N–H and O–H groups in total. The summed E-state index contributed by atoms with van der Waals surface area (Å²) in [5.41, 5.74) is 2.38. The Kier molecular flexibility index (Phi) is 9.78. The predicted octanol–water partition coefficient (Wildman–Crippen LogP) is 1.19. The van der Waals surface area contributed by atoms with Crippen molar-refractivity contribution in [3.8, 4) is 0 Å². The molecule has 9 heteroatoms. The molecule has 1 unspecified atom stereocenters. The first kappa shape index (κ1) is 22.5. The van der Waals surface area contributed by atoms with E-state index in [2.05, 4.69) is 14.5 Å². The summed E-state index contributed by atoms with van der Waals surface area (Å²) in [4.78, 5) is 37.3. The van der Waals surface area contributed by atoms with Crippen LogP contribution in [0.5, 0.6) is 0 Å². The van der Waals surface area contributed by atoms with Crippen LogP contribution in [-0.4, -0.2) is 95.8 Å². The average molecular weight is 453 g/mol. The van der Waals surface area contributed by atoms with Crippen LogP contribution < -0.4 is 10.7 Å². The average Bonchev–Trinajstić information content (AvgIpc) is 3.03. The van der Waals surface area contributed by atoms with Gasteiger partial charge in [0.15, 0.2) is 0 Å². The van der Waals surface area contributed by atoms with Crippen molar-refractivity contribution in [2.45, 2.75) is 58.4 Å². The van der Waals surface area contributed by atoms with Gasteiger partial charge in [-0.25, -0.2) is 0 Å². The monoisotopic (exact) mass is 452 g/mol. The SMILES string of the molecule is CC(C)CC(NC(=O)C1CCCCC1)C(=O)C(=O)N/N=C1\SCC[N]1[Rb]. The molecule has 26 heavy (non-hydrogen) atoms. The molecule has 1 heterocycles. The maximum absolute atomic E-state index is 12.6. The summed E-state index contributed by atoms with van der Waals surface area (Å²) in [7, 11) is 0. The number of carbonyl (C=O) groups excluding carboxylic acids is 3. The summed E-state index contributed by atoms with van der Waals surface area (Å²) in [5.74, 6) is -0.331. The van der Waals surface area contributed by atoms with Gasteiger partial charge in [0, 0.05) is 0 Å². The molecule has 2 aliphatic rings. The Labute approximate surface area is 199 Å². The summed E-state index contributed by atoms with van der Waals surface area (Å²) in [5, 5.41) is 7.70. The summed E-state index contributed by atoms with van der Waals surface area (Å²) >= 11 is 1.87. The van der Waals surface area contributed by atoms with Crippen molar-refractivity contribution in [3.05, 3.63) is 0 Å². The van der Waals surface area contributed by atoms with Gasteiger partial charge in [-0.05, 0) is 0 Å². The molecule has 1 atom stereocenters. The summed E-state index contributed by atoms with van der Waals surface area (Å²) in [6, 6.07) is -0.780. The fourth-order valence-electron chi connectivity index (χ4n) is 3.27. The fourth-order valence-corrected chi connectivity index (χ4v) is 6.78. The van der Waals surface area contributed by atoms with Crippen molar-refractivity contribution < 1.29 is 14.4 Å². The van der Waals surface area contributed by atoms with Gasteiger partial charge in [0.25, 0.3) is 0 Å². The quantitative estimate of drug-likeness (QED) is 0.447. The van der Waals surface area contributed by atoms with Crippen LogP contribution in [0.4, 0.5) is 0 Å². The zero-order valence-corrected chi connectivity index (χ0v) is 21.6. The summed E-state index contributed by atoms with van der Waals surface area (Å²) in [6.45, 7) is 4.90. The summed E-state index contributed by atoms with van der Waals surface area (Å²) in [6.07, 6.45) is 5.45. The van der Waals surface area contributed by atoms with E-state index in [-0.39, 0.29) is 73.8 Å². The van der Waals surface area contributed by atoms with Crippen molar-refractivity contribution in [2.75, 3.05) is 12.3 Å². The van der Waals surface area contributed by atoms with Gasteiger partial charge in [0.05, 0.1) is 0 Å². The second-order valence-corrected chi connectivity index (χ2v) is 11.2. The first-order valence-electron chi connectivity index (χ1n) is 9.44. The third-order valence-electron chi connectivity index (χ3n) is 4.78. The van der Waals surface area contributed by atoms with E-state index in [9.17, 15) is 14.4 Å². The first-order chi connectivity index (χ1) is 12.4. The Bertz CT molecular complexity index is 564. The molecule has 1 aliphatic heterocycles. The second-order valence-electron chi connectivity index (χ2n) is 7.50. The Morgan fingerprint density at radius 3 is 2.54 bits per heavy atom. The minimum atomic E-state index is -0.780. The van der Waals surface area contributed by atoms with Crippen LogP contribution in [0.2, 0.25) is 0 Å². The van der Waals surface area contributed by atoms with Crippen LogP contribution >= 0.6 is 11.8 Å². The molecule has 0 aromatic rings. The zero-order chi connectivity index (χ0) is 19.1. The van der Waals surface area contributed by atoms with E-state index in [0.29, 0.717) is 6.42 Å². The number of amides is 2. The molecule has 1 saturated carbocycles. The van der Waals surface area contributed by atoms with Crippen LogP contribution in [0.15, 0.2) is 5.10 Å². The molecule has 7 nitrogen and oxygen atoms in total. The number of thioether (sulfide) groups is 1. The molecule has 2 fully saturated rings. The number of nitrogens with one attached hydrogen (secondary N) is 2. The molecular weight excluding hydrogens is 426 g/mol. The number of nitrogens with zero attached hydrogens (tertiary/aromatic N) is 2. The molecule has 0 aromatic carbocycles. The van der Waals surface area contributed by atoms with Gasteiger partial charge < -0.3 is 0 Å². The topological polar surface area (TPSA) is 90.9 Å². The first-order valence-corrected chi connectivity index (χ1v) is 12.6. The van der Waals surface area contributed by atoms with Gasteiger partial charge in [-0.1, -0.05) is 6.42 Å². The van der Waals surface area contributed by atoms with E-state index < -0.39 is 17.7 Å². The van der Waals surface area contributed by atoms with E-state index >= 15 is 0 Å². The third kappa shape index (κ3) is 7.00. The molecule has 0 bridgehead atoms. The Morgan fingerprint density at radius 2 is 1.96 bits per heavy atom. The molecule has 140 valence electrons. The molecule has 2 rings (SSSR count). The van der Waals surface area contributed by atoms with E-state index in [1.165, 1.54) is 0 Å². The predicted molar refractivity (Wildman–Crippen MR) is 103 cm³/mol. The molecule has 1 aliphatic carbocycles. The van der Waals surface area contributed by atoms with Gasteiger partial charge in [-0.2, -0.15) is 0 Å². The third-order valence-corrected chi connectivity index (χ3v) is 8.76. The number of carbonyl (C=O) groups is 3. The minimum absolute atomic E-state index is 0.0365. The molecule has 0 aromatic heterocycles. The normalized spacial score (nSPS) is 21.1. The maximum atomic E-state index is 12.6. The van der Waals surface area contributed by atoms with Gasteiger partial charge in [0.1, 0.15) is 0 Å². The zero-order valence-electron chi connectivity index (χ0n) is 15.9. The van der Waals surface area contributed by atoms with Crippen molar-refractivity contribution in [1.82, 2.24) is 9.39 Å². The van der Waals surface area contributed by atoms with Crippen molar-refractivity contribution in [1.29, 1.82) is 0 Å². The number of ketones is 1. The number of hydrogen-bond acceptors (Lipinski definition) is 5. The van der Waals surface area contributed by atoms with Gasteiger partial charge in [0.2, 0.25) is 0 Å². The van der Waals surface area contributed by atoms with E-state index in [0.717, 1.165) is 49.6 Å². The molecule has 0 spiro atoms. The second kappa shape index (κ2) is 11.3. The van der Waals surface area contributed by atoms with E-state index in [4.69, 9.17) is 0 Å².